The zero-order chi connectivity index (χ0) is 17.9. The number of carbonyl (C=O) groups excluding carboxylic acids is 2. The summed E-state index contributed by atoms with van der Waals surface area (Å²) in [6, 6.07) is 1.91. The van der Waals surface area contributed by atoms with E-state index in [1.165, 1.54) is 21.8 Å². The van der Waals surface area contributed by atoms with Gasteiger partial charge < -0.3 is 5.11 Å². The van der Waals surface area contributed by atoms with Gasteiger partial charge in [0.15, 0.2) is 0 Å². The lowest BCUT2D eigenvalue weighted by Gasteiger charge is -2.21. The van der Waals surface area contributed by atoms with Crippen LogP contribution in [0.15, 0.2) is 6.07 Å². The van der Waals surface area contributed by atoms with Crippen molar-refractivity contribution in [3.8, 4) is 0 Å². The van der Waals surface area contributed by atoms with Gasteiger partial charge in [0.05, 0.1) is 11.3 Å². The Kier molecular flexibility index (Phi) is 5.64. The quantitative estimate of drug-likeness (QED) is 0.710. The first-order valence-electron chi connectivity index (χ1n) is 8.09. The van der Waals surface area contributed by atoms with E-state index in [2.05, 4.69) is 17.8 Å². The summed E-state index contributed by atoms with van der Waals surface area (Å²) in [6.45, 7) is 5.62. The first kappa shape index (κ1) is 18.4. The predicted molar refractivity (Wildman–Crippen MR) is 91.8 cm³/mol. The number of thiophene rings is 1. The Morgan fingerprint density at radius 3 is 2.67 bits per heavy atom. The van der Waals surface area contributed by atoms with Gasteiger partial charge in [-0.3, -0.25) is 25.2 Å². The van der Waals surface area contributed by atoms with E-state index in [1.54, 1.807) is 13.8 Å². The molecule has 1 aromatic heterocycles. The van der Waals surface area contributed by atoms with Gasteiger partial charge in [-0.25, -0.2) is 0 Å². The molecule has 0 bridgehead atoms. The van der Waals surface area contributed by atoms with Crippen LogP contribution in [0.5, 0.6) is 0 Å². The minimum absolute atomic E-state index is 0.0258. The minimum atomic E-state index is -0.949. The van der Waals surface area contributed by atoms with E-state index in [9.17, 15) is 14.4 Å². The number of carboxylic acid groups (broad SMARTS) is 1. The molecule has 7 heteroatoms. The molecule has 0 radical (unpaired) electrons. The molecule has 2 rings (SSSR count). The summed E-state index contributed by atoms with van der Waals surface area (Å²) in [5.41, 5.74) is 5.36. The van der Waals surface area contributed by atoms with Crippen LogP contribution in [-0.2, 0) is 22.4 Å². The second-order valence-corrected chi connectivity index (χ2v) is 8.46. The molecule has 24 heavy (non-hydrogen) atoms. The molecule has 1 atom stereocenters. The molecule has 0 saturated carbocycles. The van der Waals surface area contributed by atoms with Crippen LogP contribution in [0, 0.1) is 11.3 Å². The summed E-state index contributed by atoms with van der Waals surface area (Å²) in [4.78, 5) is 36.7. The standard InChI is InChI=1S/C17H24N2O4S/c1-10-4-5-12-11(6-10)7-13(24-12)16(23)19-18-14(20)8-17(2,3)9-15(21)22/h7,10H,4-6,8-9H2,1-3H3,(H,18,20)(H,19,23)(H,21,22)/t10-/m1/s1. The van der Waals surface area contributed by atoms with Crippen LogP contribution >= 0.6 is 11.3 Å². The number of hydrogen-bond acceptors (Lipinski definition) is 4. The lowest BCUT2D eigenvalue weighted by atomic mass is 9.85. The summed E-state index contributed by atoms with van der Waals surface area (Å²) in [6.07, 6.45) is 3.06. The van der Waals surface area contributed by atoms with Gasteiger partial charge in [-0.15, -0.1) is 11.3 Å². The molecule has 1 aliphatic rings. The van der Waals surface area contributed by atoms with Gasteiger partial charge in [0.2, 0.25) is 5.91 Å². The highest BCUT2D eigenvalue weighted by Crippen LogP contribution is 2.32. The van der Waals surface area contributed by atoms with Crippen molar-refractivity contribution in [1.82, 2.24) is 10.9 Å². The van der Waals surface area contributed by atoms with E-state index in [4.69, 9.17) is 5.11 Å². The van der Waals surface area contributed by atoms with Gasteiger partial charge in [-0.05, 0) is 42.2 Å². The van der Waals surface area contributed by atoms with Crippen molar-refractivity contribution in [2.75, 3.05) is 0 Å². The summed E-state index contributed by atoms with van der Waals surface area (Å²) in [5, 5.41) is 8.83. The number of hydrazine groups is 1. The molecule has 1 heterocycles. The Labute approximate surface area is 145 Å². The van der Waals surface area contributed by atoms with Gasteiger partial charge in [0.1, 0.15) is 0 Å². The maximum absolute atomic E-state index is 12.2. The molecule has 0 fully saturated rings. The fourth-order valence-electron chi connectivity index (χ4n) is 2.96. The van der Waals surface area contributed by atoms with E-state index in [-0.39, 0.29) is 18.7 Å². The Hall–Kier alpha value is -1.89. The van der Waals surface area contributed by atoms with Gasteiger partial charge in [0, 0.05) is 11.3 Å². The first-order chi connectivity index (χ1) is 11.2. The van der Waals surface area contributed by atoms with E-state index >= 15 is 0 Å². The fourth-order valence-corrected chi connectivity index (χ4v) is 4.06. The SMILES string of the molecule is C[C@@H]1CCc2sc(C(=O)NNC(=O)CC(C)(C)CC(=O)O)cc2C1. The number of carbonyl (C=O) groups is 3. The molecule has 132 valence electrons. The first-order valence-corrected chi connectivity index (χ1v) is 8.90. The topological polar surface area (TPSA) is 95.5 Å². The largest absolute Gasteiger partial charge is 0.481 e. The Balaban J connectivity index is 1.87. The maximum atomic E-state index is 12.2. The highest BCUT2D eigenvalue weighted by atomic mass is 32.1. The molecular formula is C17H24N2O4S. The van der Waals surface area contributed by atoms with E-state index in [1.807, 2.05) is 6.07 Å². The molecule has 1 aromatic rings. The Morgan fingerprint density at radius 2 is 2.00 bits per heavy atom. The van der Waals surface area contributed by atoms with Crippen LogP contribution in [0.2, 0.25) is 0 Å². The highest BCUT2D eigenvalue weighted by molar-refractivity contribution is 7.14. The average Bonchev–Trinajstić information content (AvgIpc) is 2.85. The Morgan fingerprint density at radius 1 is 1.29 bits per heavy atom. The van der Waals surface area contributed by atoms with Crippen LogP contribution in [0.25, 0.3) is 0 Å². The number of nitrogens with one attached hydrogen (secondary N) is 2. The second-order valence-electron chi connectivity index (χ2n) is 7.32. The van der Waals surface area contributed by atoms with Crippen molar-refractivity contribution < 1.29 is 19.5 Å². The third-order valence-electron chi connectivity index (χ3n) is 4.14. The minimum Gasteiger partial charge on any atom is -0.481 e. The normalized spacial score (nSPS) is 17.0. The number of rotatable bonds is 5. The van der Waals surface area contributed by atoms with Gasteiger partial charge in [-0.1, -0.05) is 20.8 Å². The van der Waals surface area contributed by atoms with Crippen molar-refractivity contribution in [1.29, 1.82) is 0 Å². The van der Waals surface area contributed by atoms with Crippen LogP contribution in [0.1, 0.15) is 60.1 Å². The van der Waals surface area contributed by atoms with E-state index in [0.29, 0.717) is 10.8 Å². The van der Waals surface area contributed by atoms with Crippen molar-refractivity contribution in [2.45, 2.75) is 52.9 Å². The second kappa shape index (κ2) is 7.34. The summed E-state index contributed by atoms with van der Waals surface area (Å²) in [7, 11) is 0. The number of fused-ring (bicyclic) bond motifs is 1. The molecule has 0 unspecified atom stereocenters. The molecule has 0 aliphatic heterocycles. The summed E-state index contributed by atoms with van der Waals surface area (Å²) >= 11 is 1.48. The Bertz CT molecular complexity index is 651. The fraction of sp³-hybridized carbons (Fsp3) is 0.588. The van der Waals surface area contributed by atoms with Gasteiger partial charge in [0.25, 0.3) is 5.91 Å². The molecule has 3 N–H and O–H groups in total. The molecule has 0 spiro atoms. The summed E-state index contributed by atoms with van der Waals surface area (Å²) in [5.74, 6) is -1.04. The summed E-state index contributed by atoms with van der Waals surface area (Å²) < 4.78 is 0. The van der Waals surface area contributed by atoms with Crippen LogP contribution in [0.4, 0.5) is 0 Å². The third-order valence-corrected chi connectivity index (χ3v) is 5.37. The zero-order valence-electron chi connectivity index (χ0n) is 14.3. The molecule has 0 aromatic carbocycles. The van der Waals surface area contributed by atoms with Gasteiger partial charge >= 0.3 is 5.97 Å². The van der Waals surface area contributed by atoms with Crippen LogP contribution < -0.4 is 10.9 Å². The number of aliphatic carboxylic acids is 1. The van der Waals surface area contributed by atoms with Crippen LogP contribution in [-0.4, -0.2) is 22.9 Å². The molecular weight excluding hydrogens is 328 g/mol. The van der Waals surface area contributed by atoms with E-state index in [0.717, 1.165) is 19.3 Å². The number of amides is 2. The van der Waals surface area contributed by atoms with E-state index < -0.39 is 17.3 Å². The van der Waals surface area contributed by atoms with Crippen molar-refractivity contribution in [2.24, 2.45) is 11.3 Å². The zero-order valence-corrected chi connectivity index (χ0v) is 15.1. The number of carboxylic acids is 1. The van der Waals surface area contributed by atoms with Crippen molar-refractivity contribution >= 4 is 29.1 Å². The van der Waals surface area contributed by atoms with Crippen LogP contribution in [0.3, 0.4) is 0 Å². The maximum Gasteiger partial charge on any atom is 0.303 e. The smallest absolute Gasteiger partial charge is 0.303 e. The predicted octanol–water partition coefficient (Wildman–Crippen LogP) is 2.52. The molecule has 1 aliphatic carbocycles. The molecule has 6 nitrogen and oxygen atoms in total. The van der Waals surface area contributed by atoms with Gasteiger partial charge in [-0.2, -0.15) is 0 Å². The monoisotopic (exact) mass is 352 g/mol. The lowest BCUT2D eigenvalue weighted by molar-refractivity contribution is -0.139. The van der Waals surface area contributed by atoms with Crippen molar-refractivity contribution in [3.05, 3.63) is 21.4 Å². The average molecular weight is 352 g/mol. The highest BCUT2D eigenvalue weighted by Gasteiger charge is 2.26. The number of hydrogen-bond donors (Lipinski definition) is 3. The molecule has 0 saturated heterocycles. The lowest BCUT2D eigenvalue weighted by Crippen LogP contribution is -2.43. The third kappa shape index (κ3) is 5.06. The molecule has 2 amide bonds. The number of aryl methyl sites for hydroxylation is 1. The van der Waals surface area contributed by atoms with Crippen molar-refractivity contribution in [3.63, 3.8) is 0 Å².